The maximum Gasteiger partial charge on any atom is 0.227 e. The van der Waals surface area contributed by atoms with Crippen LogP contribution in [-0.4, -0.2) is 28.9 Å². The van der Waals surface area contributed by atoms with Crippen LogP contribution in [0.5, 0.6) is 0 Å². The molecular formula is C10H18N4O2. The lowest BCUT2D eigenvalue weighted by Gasteiger charge is -2.03. The van der Waals surface area contributed by atoms with Gasteiger partial charge in [0.1, 0.15) is 0 Å². The number of amides is 1. The minimum absolute atomic E-state index is 0.109. The second-order valence-corrected chi connectivity index (χ2v) is 3.38. The summed E-state index contributed by atoms with van der Waals surface area (Å²) in [6.07, 6.45) is 2.12. The molecule has 3 N–H and O–H groups in total. The molecule has 90 valence electrons. The maximum atomic E-state index is 11.5. The minimum Gasteiger partial charge on any atom is -0.381 e. The highest BCUT2D eigenvalue weighted by Crippen LogP contribution is 2.11. The first-order valence-electron chi connectivity index (χ1n) is 5.27. The number of rotatable bonds is 6. The third-order valence-corrected chi connectivity index (χ3v) is 2.06. The Kier molecular flexibility index (Phi) is 4.94. The van der Waals surface area contributed by atoms with Gasteiger partial charge in [-0.15, -0.1) is 0 Å². The van der Waals surface area contributed by atoms with Crippen LogP contribution in [0, 0.1) is 0 Å². The average Bonchev–Trinajstić information content (AvgIpc) is 2.59. The van der Waals surface area contributed by atoms with E-state index in [-0.39, 0.29) is 5.91 Å². The summed E-state index contributed by atoms with van der Waals surface area (Å²) in [5.41, 5.74) is 6.36. The number of aryl methyl sites for hydroxylation is 1. The molecule has 0 saturated carbocycles. The maximum absolute atomic E-state index is 11.5. The predicted octanol–water partition coefficient (Wildman–Crippen LogP) is 0.244. The number of hydrogen-bond donors (Lipinski definition) is 2. The number of anilines is 1. The number of nitrogens with zero attached hydrogens (tertiary/aromatic N) is 2. The largest absolute Gasteiger partial charge is 0.381 e. The Bertz CT molecular complexity index is 349. The van der Waals surface area contributed by atoms with Crippen LogP contribution in [0.1, 0.15) is 18.9 Å². The van der Waals surface area contributed by atoms with Crippen molar-refractivity contribution >= 4 is 11.7 Å². The molecule has 0 spiro atoms. The van der Waals surface area contributed by atoms with Gasteiger partial charge in [-0.05, 0) is 6.92 Å². The van der Waals surface area contributed by atoms with Gasteiger partial charge in [0.15, 0.2) is 5.82 Å². The van der Waals surface area contributed by atoms with Gasteiger partial charge in [0.25, 0.3) is 0 Å². The van der Waals surface area contributed by atoms with Gasteiger partial charge >= 0.3 is 0 Å². The fourth-order valence-electron chi connectivity index (χ4n) is 1.30. The summed E-state index contributed by atoms with van der Waals surface area (Å²) >= 11 is 0. The van der Waals surface area contributed by atoms with Crippen LogP contribution in [0.3, 0.4) is 0 Å². The fraction of sp³-hybridized carbons (Fsp3) is 0.600. The van der Waals surface area contributed by atoms with E-state index in [9.17, 15) is 4.79 Å². The van der Waals surface area contributed by atoms with Gasteiger partial charge in [0, 0.05) is 32.0 Å². The Morgan fingerprint density at radius 3 is 3.06 bits per heavy atom. The lowest BCUT2D eigenvalue weighted by Crippen LogP contribution is -2.16. The number of nitrogens with two attached hydrogens (primary N) is 1. The van der Waals surface area contributed by atoms with Crippen molar-refractivity contribution in [1.82, 2.24) is 9.78 Å². The molecule has 0 saturated heterocycles. The highest BCUT2D eigenvalue weighted by Gasteiger charge is 2.09. The summed E-state index contributed by atoms with van der Waals surface area (Å²) in [6, 6.07) is 0. The Labute approximate surface area is 94.8 Å². The first kappa shape index (κ1) is 12.7. The molecule has 0 bridgehead atoms. The van der Waals surface area contributed by atoms with Crippen molar-refractivity contribution < 1.29 is 9.53 Å². The molecule has 0 aromatic carbocycles. The summed E-state index contributed by atoms with van der Waals surface area (Å²) in [6.45, 7) is 3.29. The smallest absolute Gasteiger partial charge is 0.227 e. The third kappa shape index (κ3) is 3.63. The Morgan fingerprint density at radius 1 is 1.69 bits per heavy atom. The molecule has 0 aliphatic heterocycles. The van der Waals surface area contributed by atoms with Crippen molar-refractivity contribution in [2.75, 3.05) is 18.5 Å². The molecule has 1 aromatic heterocycles. The summed E-state index contributed by atoms with van der Waals surface area (Å²) in [4.78, 5) is 11.5. The fourth-order valence-corrected chi connectivity index (χ4v) is 1.30. The van der Waals surface area contributed by atoms with E-state index in [0.717, 1.165) is 5.56 Å². The number of hydrogen-bond acceptors (Lipinski definition) is 4. The zero-order chi connectivity index (χ0) is 12.0. The van der Waals surface area contributed by atoms with Gasteiger partial charge in [-0.1, -0.05) is 0 Å². The number of aromatic nitrogens is 2. The first-order chi connectivity index (χ1) is 7.67. The zero-order valence-electron chi connectivity index (χ0n) is 9.69. The van der Waals surface area contributed by atoms with Gasteiger partial charge in [0.05, 0.1) is 13.0 Å². The van der Waals surface area contributed by atoms with E-state index in [1.807, 2.05) is 6.92 Å². The van der Waals surface area contributed by atoms with Crippen molar-refractivity contribution in [3.63, 3.8) is 0 Å². The summed E-state index contributed by atoms with van der Waals surface area (Å²) in [5.74, 6) is 0.424. The standard InChI is InChI=1S/C10H18N4O2/c1-3-16-5-4-9(15)12-10-8(6-11)7-14(2)13-10/h7H,3-6,11H2,1-2H3,(H,12,13,15). The highest BCUT2D eigenvalue weighted by molar-refractivity contribution is 5.90. The van der Waals surface area contributed by atoms with Crippen molar-refractivity contribution in [2.45, 2.75) is 19.9 Å². The van der Waals surface area contributed by atoms with E-state index in [2.05, 4.69) is 10.4 Å². The summed E-state index contributed by atoms with van der Waals surface area (Å²) in [7, 11) is 1.79. The molecule has 0 fully saturated rings. The van der Waals surface area contributed by atoms with Crippen LogP contribution >= 0.6 is 0 Å². The van der Waals surface area contributed by atoms with Crippen LogP contribution in [0.15, 0.2) is 6.20 Å². The van der Waals surface area contributed by atoms with Crippen LogP contribution in [0.4, 0.5) is 5.82 Å². The van der Waals surface area contributed by atoms with E-state index < -0.39 is 0 Å². The Hall–Kier alpha value is -1.40. The van der Waals surface area contributed by atoms with Crippen LogP contribution in [0.25, 0.3) is 0 Å². The number of ether oxygens (including phenoxy) is 1. The van der Waals surface area contributed by atoms with Crippen LogP contribution < -0.4 is 11.1 Å². The van der Waals surface area contributed by atoms with Gasteiger partial charge in [-0.2, -0.15) is 5.10 Å². The van der Waals surface area contributed by atoms with Gasteiger partial charge < -0.3 is 15.8 Å². The molecule has 0 atom stereocenters. The van der Waals surface area contributed by atoms with E-state index in [1.165, 1.54) is 0 Å². The van der Waals surface area contributed by atoms with E-state index >= 15 is 0 Å². The van der Waals surface area contributed by atoms with Crippen molar-refractivity contribution in [3.05, 3.63) is 11.8 Å². The normalized spacial score (nSPS) is 10.4. The van der Waals surface area contributed by atoms with Crippen molar-refractivity contribution in [2.24, 2.45) is 12.8 Å². The average molecular weight is 226 g/mol. The zero-order valence-corrected chi connectivity index (χ0v) is 9.69. The molecule has 0 aliphatic rings. The van der Waals surface area contributed by atoms with Crippen molar-refractivity contribution in [1.29, 1.82) is 0 Å². The molecule has 0 aliphatic carbocycles. The predicted molar refractivity (Wildman–Crippen MR) is 60.8 cm³/mol. The molecule has 1 amide bonds. The third-order valence-electron chi connectivity index (χ3n) is 2.06. The lowest BCUT2D eigenvalue weighted by atomic mass is 10.3. The van der Waals surface area contributed by atoms with E-state index in [1.54, 1.807) is 17.9 Å². The van der Waals surface area contributed by atoms with Gasteiger partial charge in [-0.3, -0.25) is 9.48 Å². The first-order valence-corrected chi connectivity index (χ1v) is 5.27. The molecule has 16 heavy (non-hydrogen) atoms. The van der Waals surface area contributed by atoms with Gasteiger partial charge in [0.2, 0.25) is 5.91 Å². The summed E-state index contributed by atoms with van der Waals surface area (Å²) in [5, 5.41) is 6.82. The monoisotopic (exact) mass is 226 g/mol. The molecule has 6 nitrogen and oxygen atoms in total. The van der Waals surface area contributed by atoms with Gasteiger partial charge in [-0.25, -0.2) is 0 Å². The molecule has 1 heterocycles. The number of carbonyl (C=O) groups excluding carboxylic acids is 1. The second kappa shape index (κ2) is 6.24. The van der Waals surface area contributed by atoms with E-state index in [0.29, 0.717) is 32.0 Å². The summed E-state index contributed by atoms with van der Waals surface area (Å²) < 4.78 is 6.72. The van der Waals surface area contributed by atoms with Crippen LogP contribution in [-0.2, 0) is 23.1 Å². The second-order valence-electron chi connectivity index (χ2n) is 3.38. The number of nitrogens with one attached hydrogen (secondary N) is 1. The SMILES string of the molecule is CCOCCC(=O)Nc1nn(C)cc1CN. The molecule has 1 aromatic rings. The quantitative estimate of drug-likeness (QED) is 0.681. The number of carbonyl (C=O) groups is 1. The van der Waals surface area contributed by atoms with E-state index in [4.69, 9.17) is 10.5 Å². The molecule has 6 heteroatoms. The lowest BCUT2D eigenvalue weighted by molar-refractivity contribution is -0.117. The Balaban J connectivity index is 2.48. The minimum atomic E-state index is -0.109. The molecule has 0 unspecified atom stereocenters. The molecular weight excluding hydrogens is 208 g/mol. The molecule has 0 radical (unpaired) electrons. The van der Waals surface area contributed by atoms with Crippen LogP contribution in [0.2, 0.25) is 0 Å². The topological polar surface area (TPSA) is 82.2 Å². The Morgan fingerprint density at radius 2 is 2.44 bits per heavy atom. The highest BCUT2D eigenvalue weighted by atomic mass is 16.5. The molecule has 1 rings (SSSR count). The van der Waals surface area contributed by atoms with Crippen molar-refractivity contribution in [3.8, 4) is 0 Å².